The Morgan fingerprint density at radius 3 is 2.95 bits per heavy atom. The first-order valence-corrected chi connectivity index (χ1v) is 6.23. The summed E-state index contributed by atoms with van der Waals surface area (Å²) in [6.45, 7) is 2.24. The van der Waals surface area contributed by atoms with E-state index in [1.807, 2.05) is 6.07 Å². The summed E-state index contributed by atoms with van der Waals surface area (Å²) in [6, 6.07) is 5.44. The molecule has 0 saturated carbocycles. The van der Waals surface area contributed by atoms with Crippen LogP contribution in [0, 0.1) is 5.92 Å². The summed E-state index contributed by atoms with van der Waals surface area (Å²) in [4.78, 5) is 22.5. The molecule has 5 heteroatoms. The zero-order chi connectivity index (χ0) is 13.8. The van der Waals surface area contributed by atoms with Crippen molar-refractivity contribution in [2.45, 2.75) is 19.8 Å². The summed E-state index contributed by atoms with van der Waals surface area (Å²) in [7, 11) is 0. The van der Waals surface area contributed by atoms with Gasteiger partial charge in [0.1, 0.15) is 12.4 Å². The fraction of sp³-hybridized carbons (Fsp3) is 0.429. The van der Waals surface area contributed by atoms with Gasteiger partial charge >= 0.3 is 11.9 Å². The minimum absolute atomic E-state index is 0.141. The molecular formula is C14H16O5. The molecule has 1 aliphatic rings. The van der Waals surface area contributed by atoms with Crippen LogP contribution in [0.3, 0.4) is 0 Å². The second kappa shape index (κ2) is 5.73. The number of para-hydroxylation sites is 1. The molecule has 2 rings (SSSR count). The largest absolute Gasteiger partial charge is 0.492 e. The maximum absolute atomic E-state index is 11.5. The third-order valence-corrected chi connectivity index (χ3v) is 3.06. The van der Waals surface area contributed by atoms with Crippen molar-refractivity contribution in [3.63, 3.8) is 0 Å². The van der Waals surface area contributed by atoms with Crippen molar-refractivity contribution in [1.82, 2.24) is 0 Å². The Morgan fingerprint density at radius 1 is 1.47 bits per heavy atom. The second-order valence-corrected chi connectivity index (χ2v) is 4.44. The van der Waals surface area contributed by atoms with Gasteiger partial charge in [-0.25, -0.2) is 0 Å². The molecule has 19 heavy (non-hydrogen) atoms. The number of aliphatic carboxylic acids is 1. The maximum atomic E-state index is 11.5. The lowest BCUT2D eigenvalue weighted by Crippen LogP contribution is -2.28. The van der Waals surface area contributed by atoms with Crippen molar-refractivity contribution < 1.29 is 24.2 Å². The van der Waals surface area contributed by atoms with E-state index in [1.165, 1.54) is 0 Å². The Bertz CT molecular complexity index is 495. The molecule has 102 valence electrons. The summed E-state index contributed by atoms with van der Waals surface area (Å²) in [5.41, 5.74) is 1.58. The van der Waals surface area contributed by atoms with Gasteiger partial charge in [-0.05, 0) is 18.9 Å². The lowest BCUT2D eigenvalue weighted by molar-refractivity contribution is -0.144. The number of carbonyl (C=O) groups excluding carboxylic acids is 1. The molecule has 0 fully saturated rings. The number of fused-ring (bicyclic) bond motifs is 1. The molecule has 1 aromatic rings. The Hall–Kier alpha value is -2.04. The van der Waals surface area contributed by atoms with E-state index in [9.17, 15) is 9.59 Å². The van der Waals surface area contributed by atoms with E-state index < -0.39 is 11.9 Å². The van der Waals surface area contributed by atoms with Gasteiger partial charge in [-0.3, -0.25) is 9.59 Å². The molecule has 1 aliphatic heterocycles. The third kappa shape index (κ3) is 3.05. The van der Waals surface area contributed by atoms with Crippen LogP contribution in [0.1, 0.15) is 18.1 Å². The zero-order valence-corrected chi connectivity index (χ0v) is 10.7. The molecule has 0 spiro atoms. The van der Waals surface area contributed by atoms with E-state index in [-0.39, 0.29) is 19.0 Å². The highest BCUT2D eigenvalue weighted by Crippen LogP contribution is 2.31. The molecule has 1 heterocycles. The highest BCUT2D eigenvalue weighted by Gasteiger charge is 2.27. The molecule has 0 saturated heterocycles. The number of carbonyl (C=O) groups is 2. The van der Waals surface area contributed by atoms with Crippen LogP contribution >= 0.6 is 0 Å². The van der Waals surface area contributed by atoms with Crippen LogP contribution in [0.5, 0.6) is 5.75 Å². The molecule has 0 bridgehead atoms. The number of benzene rings is 1. The Morgan fingerprint density at radius 2 is 2.26 bits per heavy atom. The van der Waals surface area contributed by atoms with Crippen molar-refractivity contribution in [2.24, 2.45) is 5.92 Å². The normalized spacial score (nSPS) is 17.2. The topological polar surface area (TPSA) is 72.8 Å². The number of ether oxygens (including phenoxy) is 2. The third-order valence-electron chi connectivity index (χ3n) is 3.06. The van der Waals surface area contributed by atoms with Gasteiger partial charge < -0.3 is 14.6 Å². The predicted octanol–water partition coefficient (Wildman–Crippen LogP) is 1.43. The van der Waals surface area contributed by atoms with Crippen molar-refractivity contribution in [1.29, 1.82) is 0 Å². The maximum Gasteiger partial charge on any atom is 0.310 e. The molecule has 0 aliphatic carbocycles. The smallest absolute Gasteiger partial charge is 0.310 e. The first-order chi connectivity index (χ1) is 9.11. The van der Waals surface area contributed by atoms with E-state index in [4.69, 9.17) is 14.6 Å². The second-order valence-electron chi connectivity index (χ2n) is 4.44. The SMILES string of the molecule is CCOC(=O)Cc1cccc2c1OCC(C(=O)O)C2. The van der Waals surface area contributed by atoms with Gasteiger partial charge in [0, 0.05) is 5.56 Å². The van der Waals surface area contributed by atoms with Crippen LogP contribution in [0.25, 0.3) is 0 Å². The number of carboxylic acid groups (broad SMARTS) is 1. The van der Waals surface area contributed by atoms with Gasteiger partial charge in [0.2, 0.25) is 0 Å². The van der Waals surface area contributed by atoms with E-state index >= 15 is 0 Å². The average Bonchev–Trinajstić information content (AvgIpc) is 2.38. The van der Waals surface area contributed by atoms with E-state index in [2.05, 4.69) is 0 Å². The van der Waals surface area contributed by atoms with Crippen molar-refractivity contribution in [3.05, 3.63) is 29.3 Å². The number of carboxylic acids is 1. The van der Waals surface area contributed by atoms with E-state index in [0.717, 1.165) is 11.1 Å². The Balaban J connectivity index is 2.18. The van der Waals surface area contributed by atoms with Gasteiger partial charge in [0.15, 0.2) is 0 Å². The quantitative estimate of drug-likeness (QED) is 0.833. The van der Waals surface area contributed by atoms with Gasteiger partial charge in [-0.15, -0.1) is 0 Å². The average molecular weight is 264 g/mol. The Labute approximate surface area is 111 Å². The van der Waals surface area contributed by atoms with Gasteiger partial charge in [-0.1, -0.05) is 18.2 Å². The van der Waals surface area contributed by atoms with Crippen LogP contribution in [0.4, 0.5) is 0 Å². The van der Waals surface area contributed by atoms with Crippen LogP contribution < -0.4 is 4.74 Å². The summed E-state index contributed by atoms with van der Waals surface area (Å²) < 4.78 is 10.4. The van der Waals surface area contributed by atoms with Gasteiger partial charge in [0.05, 0.1) is 18.9 Å². The molecule has 0 radical (unpaired) electrons. The highest BCUT2D eigenvalue weighted by molar-refractivity contribution is 5.75. The summed E-state index contributed by atoms with van der Waals surface area (Å²) >= 11 is 0. The lowest BCUT2D eigenvalue weighted by Gasteiger charge is -2.24. The Kier molecular flexibility index (Phi) is 4.04. The standard InChI is InChI=1S/C14H16O5/c1-2-18-12(15)7-10-5-3-4-9-6-11(14(16)17)8-19-13(9)10/h3-5,11H,2,6-8H2,1H3,(H,16,17). The molecule has 1 unspecified atom stereocenters. The van der Waals surface area contributed by atoms with Gasteiger partial charge in [-0.2, -0.15) is 0 Å². The number of esters is 1. The monoisotopic (exact) mass is 264 g/mol. The molecule has 0 amide bonds. The van der Waals surface area contributed by atoms with Crippen LogP contribution in [0.15, 0.2) is 18.2 Å². The van der Waals surface area contributed by atoms with E-state index in [0.29, 0.717) is 18.8 Å². The minimum Gasteiger partial charge on any atom is -0.492 e. The number of hydrogen-bond acceptors (Lipinski definition) is 4. The summed E-state index contributed by atoms with van der Waals surface area (Å²) in [5.74, 6) is -1.06. The molecule has 1 N–H and O–H groups in total. The van der Waals surface area contributed by atoms with Crippen molar-refractivity contribution in [3.8, 4) is 5.75 Å². The predicted molar refractivity (Wildman–Crippen MR) is 67.1 cm³/mol. The van der Waals surface area contributed by atoms with Gasteiger partial charge in [0.25, 0.3) is 0 Å². The van der Waals surface area contributed by atoms with Crippen molar-refractivity contribution in [2.75, 3.05) is 13.2 Å². The first kappa shape index (κ1) is 13.4. The molecule has 0 aromatic heterocycles. The summed E-state index contributed by atoms with van der Waals surface area (Å²) in [6.07, 6.45) is 0.579. The van der Waals surface area contributed by atoms with Crippen molar-refractivity contribution >= 4 is 11.9 Å². The minimum atomic E-state index is -0.860. The van der Waals surface area contributed by atoms with Crippen LogP contribution in [-0.4, -0.2) is 30.3 Å². The highest BCUT2D eigenvalue weighted by atomic mass is 16.5. The van der Waals surface area contributed by atoms with Crippen LogP contribution in [0.2, 0.25) is 0 Å². The van der Waals surface area contributed by atoms with E-state index in [1.54, 1.807) is 19.1 Å². The zero-order valence-electron chi connectivity index (χ0n) is 10.7. The number of rotatable bonds is 4. The summed E-state index contributed by atoms with van der Waals surface area (Å²) in [5, 5.41) is 8.99. The van der Waals surface area contributed by atoms with Crippen LogP contribution in [-0.2, 0) is 27.2 Å². The molecule has 1 aromatic carbocycles. The number of hydrogen-bond donors (Lipinski definition) is 1. The fourth-order valence-corrected chi connectivity index (χ4v) is 2.16. The fourth-order valence-electron chi connectivity index (χ4n) is 2.16. The first-order valence-electron chi connectivity index (χ1n) is 6.23. The molecule has 5 nitrogen and oxygen atoms in total. The molecule has 1 atom stereocenters. The molecular weight excluding hydrogens is 248 g/mol. The lowest BCUT2D eigenvalue weighted by atomic mass is 9.94.